The molecular weight excluding hydrogens is 412 g/mol. The van der Waals surface area contributed by atoms with Gasteiger partial charge in [0.1, 0.15) is 11.9 Å². The van der Waals surface area contributed by atoms with Crippen LogP contribution in [-0.2, 0) is 12.4 Å². The largest absolute Gasteiger partial charge is 0.433 e. The Kier molecular flexibility index (Phi) is 6.59. The second kappa shape index (κ2) is 8.68. The molecule has 166 valence electrons. The van der Waals surface area contributed by atoms with Crippen LogP contribution in [-0.4, -0.2) is 28.7 Å². The van der Waals surface area contributed by atoms with E-state index >= 15 is 0 Å². The molecule has 1 aromatic carbocycles. The smallest absolute Gasteiger partial charge is 0.374 e. The first-order chi connectivity index (χ1) is 14.0. The van der Waals surface area contributed by atoms with Gasteiger partial charge in [-0.05, 0) is 31.9 Å². The van der Waals surface area contributed by atoms with E-state index < -0.39 is 35.4 Å². The fourth-order valence-electron chi connectivity index (χ4n) is 3.77. The molecule has 0 saturated heterocycles. The van der Waals surface area contributed by atoms with Gasteiger partial charge in [-0.15, -0.1) is 0 Å². The second-order valence-electron chi connectivity index (χ2n) is 7.65. The number of aliphatic hydroxyl groups excluding tert-OH is 1. The number of fused-ring (bicyclic) bond motifs is 1. The third-order valence-corrected chi connectivity index (χ3v) is 5.27. The molecule has 2 aromatic rings. The Labute approximate surface area is 169 Å². The first-order valence-electron chi connectivity index (χ1n) is 9.72. The van der Waals surface area contributed by atoms with Crippen LogP contribution in [0.1, 0.15) is 55.7 Å². The van der Waals surface area contributed by atoms with Gasteiger partial charge in [-0.25, -0.2) is 4.98 Å². The van der Waals surface area contributed by atoms with Crippen LogP contribution in [0.15, 0.2) is 24.3 Å². The molecule has 10 heteroatoms. The molecule has 1 saturated carbocycles. The minimum absolute atomic E-state index is 0.186. The Morgan fingerprint density at radius 1 is 1.10 bits per heavy atom. The van der Waals surface area contributed by atoms with E-state index in [1.165, 1.54) is 6.07 Å². The molecule has 4 nitrogen and oxygen atoms in total. The number of para-hydroxylation sites is 1. The van der Waals surface area contributed by atoms with Crippen molar-refractivity contribution in [3.63, 3.8) is 0 Å². The van der Waals surface area contributed by atoms with Crippen molar-refractivity contribution in [3.8, 4) is 0 Å². The molecule has 1 heterocycles. The van der Waals surface area contributed by atoms with Crippen LogP contribution in [0, 0.1) is 0 Å². The molecule has 2 unspecified atom stereocenters. The van der Waals surface area contributed by atoms with Crippen molar-refractivity contribution < 1.29 is 31.4 Å². The molecule has 0 bridgehead atoms. The van der Waals surface area contributed by atoms with Crippen molar-refractivity contribution in [1.82, 2.24) is 15.6 Å². The summed E-state index contributed by atoms with van der Waals surface area (Å²) in [7, 11) is 0. The monoisotopic (exact) mass is 435 g/mol. The highest BCUT2D eigenvalue weighted by atomic mass is 19.4. The van der Waals surface area contributed by atoms with Crippen LogP contribution >= 0.6 is 0 Å². The summed E-state index contributed by atoms with van der Waals surface area (Å²) in [4.78, 5) is 3.23. The van der Waals surface area contributed by atoms with Crippen LogP contribution in [0.4, 0.5) is 26.3 Å². The van der Waals surface area contributed by atoms with Gasteiger partial charge in [-0.2, -0.15) is 26.3 Å². The van der Waals surface area contributed by atoms with Gasteiger partial charge in [0.15, 0.2) is 0 Å². The van der Waals surface area contributed by atoms with Gasteiger partial charge in [0, 0.05) is 29.6 Å². The minimum Gasteiger partial charge on any atom is -0.374 e. The van der Waals surface area contributed by atoms with E-state index in [0.29, 0.717) is 24.7 Å². The van der Waals surface area contributed by atoms with Gasteiger partial charge in [-0.1, -0.05) is 25.0 Å². The van der Waals surface area contributed by atoms with E-state index in [2.05, 4.69) is 15.6 Å². The van der Waals surface area contributed by atoms with Crippen LogP contribution in [0.25, 0.3) is 10.9 Å². The van der Waals surface area contributed by atoms with Gasteiger partial charge in [0.25, 0.3) is 0 Å². The summed E-state index contributed by atoms with van der Waals surface area (Å²) in [5.41, 5.74) is -3.91. The highest BCUT2D eigenvalue weighted by Crippen LogP contribution is 2.38. The standard InChI is InChI=1S/C20H23F6N3O/c1-11(10-27-12-5-2-3-6-12)28-18(30)14-9-16(20(24,25)26)29-17-13(14)7-4-8-15(17)19(21,22)23/h4,7-9,11-12,18,27-28,30H,2-3,5-6,10H2,1H3. The molecule has 0 radical (unpaired) electrons. The molecular formula is C20H23F6N3O. The average Bonchev–Trinajstić information content (AvgIpc) is 3.17. The Morgan fingerprint density at radius 2 is 1.77 bits per heavy atom. The summed E-state index contributed by atoms with van der Waals surface area (Å²) in [5, 5.41) is 16.5. The van der Waals surface area contributed by atoms with Crippen LogP contribution in [0.3, 0.4) is 0 Å². The SMILES string of the molecule is CC(CNC1CCCC1)NC(O)c1cc(C(F)(F)F)nc2c(C(F)(F)F)cccc12. The van der Waals surface area contributed by atoms with Gasteiger partial charge in [0.2, 0.25) is 0 Å². The summed E-state index contributed by atoms with van der Waals surface area (Å²) in [5.74, 6) is 0. The Bertz CT molecular complexity index is 877. The maximum atomic E-state index is 13.3. The zero-order valence-corrected chi connectivity index (χ0v) is 16.2. The number of pyridine rings is 1. The lowest BCUT2D eigenvalue weighted by molar-refractivity contribution is -0.142. The number of hydrogen-bond donors (Lipinski definition) is 3. The molecule has 0 spiro atoms. The zero-order valence-electron chi connectivity index (χ0n) is 16.2. The van der Waals surface area contributed by atoms with E-state index in [4.69, 9.17) is 0 Å². The predicted molar refractivity (Wildman–Crippen MR) is 99.6 cm³/mol. The second-order valence-corrected chi connectivity index (χ2v) is 7.65. The maximum absolute atomic E-state index is 13.3. The van der Waals surface area contributed by atoms with Crippen molar-refractivity contribution in [2.24, 2.45) is 0 Å². The number of rotatable bonds is 6. The molecule has 3 rings (SSSR count). The number of nitrogens with zero attached hydrogens (tertiary/aromatic N) is 1. The average molecular weight is 435 g/mol. The molecule has 1 aliphatic carbocycles. The summed E-state index contributed by atoms with van der Waals surface area (Å²) >= 11 is 0. The summed E-state index contributed by atoms with van der Waals surface area (Å²) in [6.07, 6.45) is -7.10. The Morgan fingerprint density at radius 3 is 2.37 bits per heavy atom. The number of hydrogen-bond acceptors (Lipinski definition) is 4. The fraction of sp³-hybridized carbons (Fsp3) is 0.550. The fourth-order valence-corrected chi connectivity index (χ4v) is 3.77. The highest BCUT2D eigenvalue weighted by molar-refractivity contribution is 5.86. The number of halogens is 6. The number of aliphatic hydroxyl groups is 1. The van der Waals surface area contributed by atoms with Crippen LogP contribution < -0.4 is 10.6 Å². The Balaban J connectivity index is 1.92. The van der Waals surface area contributed by atoms with E-state index in [1.54, 1.807) is 6.92 Å². The van der Waals surface area contributed by atoms with Crippen molar-refractivity contribution in [2.45, 2.75) is 63.3 Å². The number of benzene rings is 1. The topological polar surface area (TPSA) is 57.2 Å². The lowest BCUT2D eigenvalue weighted by Gasteiger charge is -2.23. The van der Waals surface area contributed by atoms with Crippen molar-refractivity contribution in [2.75, 3.05) is 6.54 Å². The number of aromatic nitrogens is 1. The van der Waals surface area contributed by atoms with Crippen molar-refractivity contribution in [3.05, 3.63) is 41.1 Å². The van der Waals surface area contributed by atoms with Crippen molar-refractivity contribution >= 4 is 10.9 Å². The van der Waals surface area contributed by atoms with Crippen molar-refractivity contribution in [1.29, 1.82) is 0 Å². The third-order valence-electron chi connectivity index (χ3n) is 5.27. The highest BCUT2D eigenvalue weighted by Gasteiger charge is 2.38. The predicted octanol–water partition coefficient (Wildman–Crippen LogP) is 4.77. The third kappa shape index (κ3) is 5.22. The first kappa shape index (κ1) is 22.8. The van der Waals surface area contributed by atoms with Gasteiger partial charge in [0.05, 0.1) is 11.1 Å². The van der Waals surface area contributed by atoms with Gasteiger partial charge < -0.3 is 10.4 Å². The van der Waals surface area contributed by atoms with Gasteiger partial charge in [-0.3, -0.25) is 5.32 Å². The minimum atomic E-state index is -4.96. The molecule has 3 N–H and O–H groups in total. The summed E-state index contributed by atoms with van der Waals surface area (Å²) in [6.45, 7) is 2.20. The quantitative estimate of drug-likeness (QED) is 0.452. The normalized spacial score (nSPS) is 18.1. The number of alkyl halides is 6. The molecule has 0 aliphatic heterocycles. The van der Waals surface area contributed by atoms with Gasteiger partial charge >= 0.3 is 12.4 Å². The lowest BCUT2D eigenvalue weighted by Crippen LogP contribution is -2.41. The maximum Gasteiger partial charge on any atom is 0.433 e. The van der Waals surface area contributed by atoms with Crippen LogP contribution in [0.2, 0.25) is 0 Å². The summed E-state index contributed by atoms with van der Waals surface area (Å²) in [6, 6.07) is 3.61. The molecule has 2 atom stereocenters. The van der Waals surface area contributed by atoms with E-state index in [9.17, 15) is 31.4 Å². The zero-order chi connectivity index (χ0) is 22.1. The molecule has 30 heavy (non-hydrogen) atoms. The Hall–Kier alpha value is -1.91. The number of nitrogens with one attached hydrogen (secondary N) is 2. The molecule has 1 aliphatic rings. The lowest BCUT2D eigenvalue weighted by atomic mass is 10.0. The molecule has 0 amide bonds. The van der Waals surface area contributed by atoms with E-state index in [-0.39, 0.29) is 17.0 Å². The van der Waals surface area contributed by atoms with Crippen LogP contribution in [0.5, 0.6) is 0 Å². The molecule has 1 aromatic heterocycles. The van der Waals surface area contributed by atoms with E-state index in [1.807, 2.05) is 0 Å². The summed E-state index contributed by atoms with van der Waals surface area (Å²) < 4.78 is 79.9. The van der Waals surface area contributed by atoms with E-state index in [0.717, 1.165) is 31.7 Å². The first-order valence-corrected chi connectivity index (χ1v) is 9.72. The molecule has 1 fully saturated rings.